The van der Waals surface area contributed by atoms with Crippen molar-refractivity contribution in [1.82, 2.24) is 4.90 Å². The van der Waals surface area contributed by atoms with Crippen LogP contribution in [0.1, 0.15) is 19.8 Å². The predicted molar refractivity (Wildman–Crippen MR) is 76.3 cm³/mol. The first kappa shape index (κ1) is 15.3. The van der Waals surface area contributed by atoms with E-state index in [0.717, 1.165) is 12.8 Å². The number of halogens is 1. The number of esters is 1. The summed E-state index contributed by atoms with van der Waals surface area (Å²) >= 11 is 0. The van der Waals surface area contributed by atoms with Crippen LogP contribution >= 0.6 is 0 Å². The number of piperidine rings is 1. The lowest BCUT2D eigenvalue weighted by molar-refractivity contribution is -0.149. The third-order valence-electron chi connectivity index (χ3n) is 3.40. The molecule has 114 valence electrons. The van der Waals surface area contributed by atoms with Crippen molar-refractivity contribution in [3.05, 3.63) is 30.1 Å². The summed E-state index contributed by atoms with van der Waals surface area (Å²) in [7, 11) is 0. The van der Waals surface area contributed by atoms with Crippen molar-refractivity contribution in [3.8, 4) is 0 Å². The van der Waals surface area contributed by atoms with Crippen molar-refractivity contribution in [3.63, 3.8) is 0 Å². The fourth-order valence-corrected chi connectivity index (χ4v) is 2.38. The molecule has 1 heterocycles. The molecule has 2 amide bonds. The Balaban J connectivity index is 1.94. The van der Waals surface area contributed by atoms with Crippen molar-refractivity contribution < 1.29 is 18.7 Å². The van der Waals surface area contributed by atoms with E-state index in [1.54, 1.807) is 17.9 Å². The molecule has 2 rings (SSSR count). The second-order valence-corrected chi connectivity index (χ2v) is 4.98. The molecule has 1 aromatic carbocycles. The van der Waals surface area contributed by atoms with Crippen molar-refractivity contribution in [2.75, 3.05) is 25.0 Å². The van der Waals surface area contributed by atoms with E-state index in [1.165, 1.54) is 18.2 Å². The minimum atomic E-state index is -0.407. The molecule has 1 unspecified atom stereocenters. The number of nitrogens with zero attached hydrogens (tertiary/aromatic N) is 1. The molecule has 1 saturated heterocycles. The molecule has 1 aliphatic rings. The van der Waals surface area contributed by atoms with Crippen LogP contribution in [0, 0.1) is 11.7 Å². The maximum atomic E-state index is 13.1. The van der Waals surface area contributed by atoms with Crippen LogP contribution in [-0.4, -0.2) is 36.6 Å². The molecule has 0 saturated carbocycles. The van der Waals surface area contributed by atoms with Gasteiger partial charge in [-0.15, -0.1) is 0 Å². The van der Waals surface area contributed by atoms with E-state index >= 15 is 0 Å². The van der Waals surface area contributed by atoms with Crippen LogP contribution in [0.25, 0.3) is 0 Å². The van der Waals surface area contributed by atoms with E-state index < -0.39 is 5.82 Å². The third-order valence-corrected chi connectivity index (χ3v) is 3.40. The number of hydrogen-bond donors (Lipinski definition) is 1. The second kappa shape index (κ2) is 7.06. The summed E-state index contributed by atoms with van der Waals surface area (Å²) in [5.74, 6) is -0.950. The van der Waals surface area contributed by atoms with Crippen LogP contribution in [0.3, 0.4) is 0 Å². The summed E-state index contributed by atoms with van der Waals surface area (Å²) in [6.07, 6.45) is 1.47. The zero-order valence-corrected chi connectivity index (χ0v) is 12.0. The van der Waals surface area contributed by atoms with Gasteiger partial charge < -0.3 is 15.0 Å². The summed E-state index contributed by atoms with van der Waals surface area (Å²) in [4.78, 5) is 25.4. The molecule has 1 N–H and O–H groups in total. The van der Waals surface area contributed by atoms with Crippen LogP contribution in [0.2, 0.25) is 0 Å². The molecule has 0 spiro atoms. The van der Waals surface area contributed by atoms with E-state index in [-0.39, 0.29) is 17.9 Å². The van der Waals surface area contributed by atoms with Crippen molar-refractivity contribution in [2.24, 2.45) is 5.92 Å². The maximum Gasteiger partial charge on any atom is 0.321 e. The average molecular weight is 294 g/mol. The number of nitrogens with one attached hydrogen (secondary N) is 1. The second-order valence-electron chi connectivity index (χ2n) is 4.98. The van der Waals surface area contributed by atoms with Gasteiger partial charge in [0.05, 0.1) is 12.5 Å². The fourth-order valence-electron chi connectivity index (χ4n) is 2.38. The average Bonchev–Trinajstić information content (AvgIpc) is 2.47. The van der Waals surface area contributed by atoms with Crippen molar-refractivity contribution in [1.29, 1.82) is 0 Å². The molecule has 0 bridgehead atoms. The number of hydrogen-bond acceptors (Lipinski definition) is 3. The normalized spacial score (nSPS) is 18.2. The number of carbonyl (C=O) groups excluding carboxylic acids is 2. The number of rotatable bonds is 3. The molecule has 21 heavy (non-hydrogen) atoms. The summed E-state index contributed by atoms with van der Waals surface area (Å²) in [6.45, 7) is 3.01. The highest BCUT2D eigenvalue weighted by Gasteiger charge is 2.29. The van der Waals surface area contributed by atoms with Gasteiger partial charge in [0.15, 0.2) is 0 Å². The molecule has 1 atom stereocenters. The molecule has 1 aromatic rings. The summed E-state index contributed by atoms with van der Waals surface area (Å²) in [6, 6.07) is 5.39. The largest absolute Gasteiger partial charge is 0.466 e. The molecule has 0 aliphatic carbocycles. The molecule has 0 aromatic heterocycles. The lowest BCUT2D eigenvalue weighted by Crippen LogP contribution is -2.44. The quantitative estimate of drug-likeness (QED) is 0.872. The molecular weight excluding hydrogens is 275 g/mol. The van der Waals surface area contributed by atoms with Crippen LogP contribution in [0.15, 0.2) is 24.3 Å². The lowest BCUT2D eigenvalue weighted by atomic mass is 9.98. The van der Waals surface area contributed by atoms with Crippen molar-refractivity contribution >= 4 is 17.7 Å². The number of urea groups is 1. The number of ether oxygens (including phenoxy) is 1. The zero-order chi connectivity index (χ0) is 15.2. The van der Waals surface area contributed by atoms with Gasteiger partial charge in [-0.2, -0.15) is 0 Å². The van der Waals surface area contributed by atoms with Crippen LogP contribution in [-0.2, 0) is 9.53 Å². The monoisotopic (exact) mass is 294 g/mol. The molecule has 0 radical (unpaired) electrons. The number of anilines is 1. The first-order chi connectivity index (χ1) is 10.1. The van der Waals surface area contributed by atoms with Gasteiger partial charge in [0.2, 0.25) is 0 Å². The SMILES string of the molecule is CCOC(=O)C1CCCN(C(=O)Nc2cccc(F)c2)C1. The smallest absolute Gasteiger partial charge is 0.321 e. The van der Waals surface area contributed by atoms with Crippen LogP contribution < -0.4 is 5.32 Å². The summed E-state index contributed by atoms with van der Waals surface area (Å²) in [5.41, 5.74) is 0.401. The van der Waals surface area contributed by atoms with E-state index in [1.807, 2.05) is 0 Å². The van der Waals surface area contributed by atoms with Gasteiger partial charge in [0.1, 0.15) is 5.82 Å². The Morgan fingerprint density at radius 3 is 3.00 bits per heavy atom. The Labute approximate surface area is 123 Å². The lowest BCUT2D eigenvalue weighted by Gasteiger charge is -2.31. The van der Waals surface area contributed by atoms with Crippen LogP contribution in [0.5, 0.6) is 0 Å². The molecule has 1 fully saturated rings. The number of benzene rings is 1. The van der Waals surface area contributed by atoms with Gasteiger partial charge in [0.25, 0.3) is 0 Å². The summed E-state index contributed by atoms with van der Waals surface area (Å²) < 4.78 is 18.1. The Morgan fingerprint density at radius 1 is 1.48 bits per heavy atom. The molecule has 5 nitrogen and oxygen atoms in total. The topological polar surface area (TPSA) is 58.6 Å². The Kier molecular flexibility index (Phi) is 5.14. The minimum Gasteiger partial charge on any atom is -0.466 e. The third kappa shape index (κ3) is 4.18. The number of carbonyl (C=O) groups is 2. The first-order valence-electron chi connectivity index (χ1n) is 7.08. The predicted octanol–water partition coefficient (Wildman–Crippen LogP) is 2.63. The van der Waals surface area contributed by atoms with E-state index in [0.29, 0.717) is 25.4 Å². The number of amides is 2. The van der Waals surface area contributed by atoms with E-state index in [2.05, 4.69) is 5.32 Å². The van der Waals surface area contributed by atoms with Gasteiger partial charge in [-0.1, -0.05) is 6.07 Å². The molecular formula is C15H19FN2O3. The van der Waals surface area contributed by atoms with Crippen molar-refractivity contribution in [2.45, 2.75) is 19.8 Å². The van der Waals surface area contributed by atoms with Gasteiger partial charge >= 0.3 is 12.0 Å². The molecule has 1 aliphatic heterocycles. The Morgan fingerprint density at radius 2 is 2.29 bits per heavy atom. The first-order valence-corrected chi connectivity index (χ1v) is 7.08. The van der Waals surface area contributed by atoms with Gasteiger partial charge in [-0.3, -0.25) is 4.79 Å². The highest BCUT2D eigenvalue weighted by molar-refractivity contribution is 5.89. The Bertz CT molecular complexity index is 521. The number of likely N-dealkylation sites (tertiary alicyclic amines) is 1. The van der Waals surface area contributed by atoms with Gasteiger partial charge in [-0.25, -0.2) is 9.18 Å². The minimum absolute atomic E-state index is 0.263. The maximum absolute atomic E-state index is 13.1. The molecule has 6 heteroatoms. The fraction of sp³-hybridized carbons (Fsp3) is 0.467. The Hall–Kier alpha value is -2.11. The van der Waals surface area contributed by atoms with Gasteiger partial charge in [-0.05, 0) is 38.0 Å². The van der Waals surface area contributed by atoms with E-state index in [4.69, 9.17) is 4.74 Å². The van der Waals surface area contributed by atoms with Crippen LogP contribution in [0.4, 0.5) is 14.9 Å². The highest BCUT2D eigenvalue weighted by atomic mass is 19.1. The van der Waals surface area contributed by atoms with E-state index in [9.17, 15) is 14.0 Å². The zero-order valence-electron chi connectivity index (χ0n) is 12.0. The highest BCUT2D eigenvalue weighted by Crippen LogP contribution is 2.19. The summed E-state index contributed by atoms with van der Waals surface area (Å²) in [5, 5.41) is 2.64. The standard InChI is InChI=1S/C15H19FN2O3/c1-2-21-14(19)11-5-4-8-18(10-11)15(20)17-13-7-3-6-12(16)9-13/h3,6-7,9,11H,2,4-5,8,10H2,1H3,(H,17,20). The van der Waals surface area contributed by atoms with Gasteiger partial charge in [0, 0.05) is 18.8 Å².